The first-order chi connectivity index (χ1) is 11.5. The van der Waals surface area contributed by atoms with Crippen molar-refractivity contribution in [3.63, 3.8) is 0 Å². The third kappa shape index (κ3) is 23.9. The third-order valence-electron chi connectivity index (χ3n) is 3.21. The van der Waals surface area contributed by atoms with Gasteiger partial charge in [0.2, 0.25) is 0 Å². The van der Waals surface area contributed by atoms with Gasteiger partial charge in [0.15, 0.2) is 0 Å². The maximum atomic E-state index is 10.2. The maximum absolute atomic E-state index is 10.2. The van der Waals surface area contributed by atoms with Crippen LogP contribution in [0, 0.1) is 0 Å². The van der Waals surface area contributed by atoms with Crippen LogP contribution < -0.4 is 10.2 Å². The molecule has 0 N–H and O–H groups in total. The molecule has 2 atom stereocenters. The van der Waals surface area contributed by atoms with Gasteiger partial charge in [-0.3, -0.25) is 0 Å². The molecule has 0 radical (unpaired) electrons. The van der Waals surface area contributed by atoms with Crippen molar-refractivity contribution in [2.45, 2.75) is 82.7 Å². The van der Waals surface area contributed by atoms with Crippen molar-refractivity contribution in [3.05, 3.63) is 47.4 Å². The number of unbranched alkanes of at least 4 members (excludes halogenated alkanes) is 1. The summed E-state index contributed by atoms with van der Waals surface area (Å²) in [4.78, 5) is 0. The van der Waals surface area contributed by atoms with Crippen LogP contribution in [0.25, 0.3) is 0 Å². The molecule has 0 aliphatic heterocycles. The minimum absolute atomic E-state index is 0.290. The summed E-state index contributed by atoms with van der Waals surface area (Å²) in [6.07, 6.45) is 16.7. The molecule has 1 aliphatic rings. The first-order valence-electron chi connectivity index (χ1n) is 9.10. The molecule has 0 aromatic heterocycles. The molecule has 0 spiro atoms. The number of allylic oxidation sites excluding steroid dienone is 6. The van der Waals surface area contributed by atoms with E-state index in [1.54, 1.807) is 29.9 Å². The zero-order valence-electron chi connectivity index (χ0n) is 15.9. The van der Waals surface area contributed by atoms with Gasteiger partial charge in [-0.25, -0.2) is 0 Å². The molecule has 0 saturated carbocycles. The van der Waals surface area contributed by atoms with Crippen LogP contribution in [0.15, 0.2) is 47.4 Å². The van der Waals surface area contributed by atoms with Crippen LogP contribution in [-0.2, 0) is 19.2 Å². The number of rotatable bonds is 10. The fourth-order valence-electron chi connectivity index (χ4n) is 1.71. The van der Waals surface area contributed by atoms with E-state index in [4.69, 9.17) is 0 Å². The summed E-state index contributed by atoms with van der Waals surface area (Å²) in [7, 11) is 0. The zero-order valence-corrected chi connectivity index (χ0v) is 17.5. The Bertz CT molecular complexity index is 328. The van der Waals surface area contributed by atoms with Gasteiger partial charge in [-0.15, -0.1) is 25.4 Å². The summed E-state index contributed by atoms with van der Waals surface area (Å²) in [6, 6.07) is 0. The van der Waals surface area contributed by atoms with Gasteiger partial charge in [0.25, 0.3) is 0 Å². The molecule has 0 aromatic rings. The van der Waals surface area contributed by atoms with E-state index in [1.165, 1.54) is 24.0 Å². The second-order valence-corrected chi connectivity index (χ2v) is 8.29. The van der Waals surface area contributed by atoms with Gasteiger partial charge in [-0.2, -0.15) is 0 Å². The predicted octanol–water partition coefficient (Wildman–Crippen LogP) is 4.53. The molecule has 0 amide bonds. The summed E-state index contributed by atoms with van der Waals surface area (Å²) in [6.45, 7) is 12.6. The second kappa shape index (κ2) is 20.6. The summed E-state index contributed by atoms with van der Waals surface area (Å²) in [5.41, 5.74) is 0. The van der Waals surface area contributed by atoms with Gasteiger partial charge in [-0.05, 0) is 12.8 Å². The third-order valence-corrected chi connectivity index (χ3v) is 5.44. The number of hydrogen-bond acceptors (Lipinski definition) is 2. The van der Waals surface area contributed by atoms with E-state index < -0.39 is 12.2 Å². The van der Waals surface area contributed by atoms with Crippen LogP contribution in [-0.4, -0.2) is 12.2 Å². The Morgan fingerprint density at radius 1 is 1.12 bits per heavy atom. The van der Waals surface area contributed by atoms with Crippen LogP contribution in [0.4, 0.5) is 0 Å². The van der Waals surface area contributed by atoms with Crippen molar-refractivity contribution >= 4 is 0 Å². The molecular weight excluding hydrogens is 332 g/mol. The topological polar surface area (TPSA) is 46.1 Å². The molecule has 2 nitrogen and oxygen atoms in total. The van der Waals surface area contributed by atoms with E-state index in [0.717, 1.165) is 25.7 Å². The Morgan fingerprint density at radius 3 is 1.96 bits per heavy atom. The van der Waals surface area contributed by atoms with Crippen LogP contribution in [0.1, 0.15) is 65.7 Å². The van der Waals surface area contributed by atoms with Gasteiger partial charge < -0.3 is 10.2 Å². The molecule has 24 heavy (non-hydrogen) atoms. The molecule has 0 aromatic carbocycles. The van der Waals surface area contributed by atoms with Crippen LogP contribution in [0.5, 0.6) is 0 Å². The SMILES string of the molecule is C=CCCC(C)[O-].C=CCCC(C)[O-].CCC[CH2][Ti+2][C]1=CC=CC1. The number of hydrogen-bond donors (Lipinski definition) is 0. The van der Waals surface area contributed by atoms with Crippen LogP contribution in [0.3, 0.4) is 0 Å². The standard InChI is InChI=1S/2C6H11O.C5H5.C4H9.Ti/c2*1-3-4-5-6(2)7;1-2-4-5-3-1;1-3-4-2;/h2*3,6H,1,4-5H2,2H3;1-3H,4H2;1,3-4H2,2H3;/q2*-1;;;+2. The van der Waals surface area contributed by atoms with Crippen molar-refractivity contribution in [1.82, 2.24) is 0 Å². The summed E-state index contributed by atoms with van der Waals surface area (Å²) < 4.78 is 3.25. The van der Waals surface area contributed by atoms with Gasteiger partial charge in [0.1, 0.15) is 0 Å². The Balaban J connectivity index is 0. The molecule has 1 rings (SSSR count). The van der Waals surface area contributed by atoms with Crippen LogP contribution in [0.2, 0.25) is 4.73 Å². The predicted molar refractivity (Wildman–Crippen MR) is 99.3 cm³/mol. The van der Waals surface area contributed by atoms with E-state index in [-0.39, 0.29) is 19.2 Å². The van der Waals surface area contributed by atoms with Gasteiger partial charge in [-0.1, -0.05) is 38.8 Å². The van der Waals surface area contributed by atoms with E-state index in [0.29, 0.717) is 0 Å². The average molecular weight is 368 g/mol. The molecular formula is C21H36O2Ti. The molecule has 3 heteroatoms. The van der Waals surface area contributed by atoms with Crippen LogP contribution >= 0.6 is 0 Å². The van der Waals surface area contributed by atoms with E-state index >= 15 is 0 Å². The van der Waals surface area contributed by atoms with E-state index in [1.807, 2.05) is 0 Å². The Hall–Kier alpha value is -0.406. The molecule has 2 unspecified atom stereocenters. The quantitative estimate of drug-likeness (QED) is 0.323. The molecule has 0 fully saturated rings. The molecule has 0 heterocycles. The van der Waals surface area contributed by atoms with E-state index in [2.05, 4.69) is 38.3 Å². The van der Waals surface area contributed by atoms with E-state index in [9.17, 15) is 10.2 Å². The molecule has 136 valence electrons. The normalized spacial score (nSPS) is 14.1. The average Bonchev–Trinajstić information content (AvgIpc) is 3.06. The second-order valence-electron chi connectivity index (χ2n) is 5.96. The monoisotopic (exact) mass is 368 g/mol. The Kier molecular flexibility index (Phi) is 22.2. The Morgan fingerprint density at radius 2 is 1.67 bits per heavy atom. The minimum atomic E-state index is -0.419. The summed E-state index contributed by atoms with van der Waals surface area (Å²) in [5, 5.41) is 20.5. The zero-order chi connectivity index (χ0) is 18.6. The van der Waals surface area contributed by atoms with Gasteiger partial charge in [0, 0.05) is 0 Å². The fourth-order valence-corrected chi connectivity index (χ4v) is 3.78. The van der Waals surface area contributed by atoms with Crippen molar-refractivity contribution in [1.29, 1.82) is 0 Å². The van der Waals surface area contributed by atoms with Gasteiger partial charge in [0.05, 0.1) is 0 Å². The molecule has 0 saturated heterocycles. The van der Waals surface area contributed by atoms with Crippen molar-refractivity contribution in [3.8, 4) is 0 Å². The molecule has 1 aliphatic carbocycles. The fraction of sp³-hybridized carbons (Fsp3) is 0.619. The van der Waals surface area contributed by atoms with Crippen molar-refractivity contribution in [2.24, 2.45) is 0 Å². The first-order valence-corrected chi connectivity index (χ1v) is 11.0. The summed E-state index contributed by atoms with van der Waals surface area (Å²) in [5.74, 6) is 0. The van der Waals surface area contributed by atoms with Gasteiger partial charge >= 0.3 is 72.2 Å². The summed E-state index contributed by atoms with van der Waals surface area (Å²) >= 11 is 0.290. The van der Waals surface area contributed by atoms with Crippen molar-refractivity contribution in [2.75, 3.05) is 0 Å². The van der Waals surface area contributed by atoms with Crippen molar-refractivity contribution < 1.29 is 29.4 Å². The first kappa shape index (κ1) is 25.8. The molecule has 0 bridgehead atoms. The Labute approximate surface area is 159 Å².